The summed E-state index contributed by atoms with van der Waals surface area (Å²) in [4.78, 5) is 35.8. The molecule has 168 valence electrons. The van der Waals surface area contributed by atoms with Crippen LogP contribution in [0.4, 0.5) is 11.6 Å². The minimum Gasteiger partial charge on any atom is -0.494 e. The summed E-state index contributed by atoms with van der Waals surface area (Å²) in [6.07, 6.45) is 1.47. The standard InChI is InChI=1S/C22H26N6O3S/c1-5-11-27-20(30)18(13-19(29)25-16-7-9-17(10-8-16)31-6-2)28(22(27)32)26-21-23-14(3)12-15(4)24-21/h5,7-10,12,18H,1,6,11,13H2,2-4H3,(H,25,29)(H,23,24,26). The van der Waals surface area contributed by atoms with Gasteiger partial charge >= 0.3 is 0 Å². The van der Waals surface area contributed by atoms with Gasteiger partial charge in [0.25, 0.3) is 5.91 Å². The molecule has 9 nitrogen and oxygen atoms in total. The van der Waals surface area contributed by atoms with E-state index in [0.717, 1.165) is 11.4 Å². The Bertz CT molecular complexity index is 1010. The third kappa shape index (κ3) is 5.38. The van der Waals surface area contributed by atoms with E-state index >= 15 is 0 Å². The number of amides is 2. The van der Waals surface area contributed by atoms with Gasteiger partial charge in [-0.05, 0) is 63.3 Å². The van der Waals surface area contributed by atoms with Gasteiger partial charge in [0.15, 0.2) is 5.11 Å². The molecular weight excluding hydrogens is 428 g/mol. The van der Waals surface area contributed by atoms with Crippen LogP contribution in [0.3, 0.4) is 0 Å². The molecule has 0 aliphatic carbocycles. The first-order valence-electron chi connectivity index (χ1n) is 10.2. The van der Waals surface area contributed by atoms with Gasteiger partial charge in [0.1, 0.15) is 11.8 Å². The lowest BCUT2D eigenvalue weighted by Gasteiger charge is -2.24. The summed E-state index contributed by atoms with van der Waals surface area (Å²) in [6.45, 7) is 10.1. The summed E-state index contributed by atoms with van der Waals surface area (Å²) in [6, 6.07) is 8.01. The Morgan fingerprint density at radius 2 is 1.91 bits per heavy atom. The van der Waals surface area contributed by atoms with E-state index in [2.05, 4.69) is 27.3 Å². The van der Waals surface area contributed by atoms with Crippen molar-refractivity contribution in [3.05, 3.63) is 54.4 Å². The van der Waals surface area contributed by atoms with Crippen LogP contribution in [0.5, 0.6) is 5.75 Å². The first-order valence-corrected chi connectivity index (χ1v) is 10.6. The van der Waals surface area contributed by atoms with E-state index < -0.39 is 6.04 Å². The molecule has 2 amide bonds. The number of rotatable bonds is 9. The number of aromatic nitrogens is 2. The minimum atomic E-state index is -0.852. The summed E-state index contributed by atoms with van der Waals surface area (Å²) in [5.74, 6) is 0.387. The van der Waals surface area contributed by atoms with Crippen LogP contribution < -0.4 is 15.5 Å². The molecule has 0 spiro atoms. The maximum absolute atomic E-state index is 13.0. The quantitative estimate of drug-likeness (QED) is 0.441. The van der Waals surface area contributed by atoms with Crippen LogP contribution >= 0.6 is 12.2 Å². The molecule has 2 N–H and O–H groups in total. The Balaban J connectivity index is 1.77. The van der Waals surface area contributed by atoms with Gasteiger partial charge in [-0.1, -0.05) is 6.08 Å². The number of anilines is 2. The minimum absolute atomic E-state index is 0.113. The van der Waals surface area contributed by atoms with Crippen molar-refractivity contribution >= 4 is 40.8 Å². The van der Waals surface area contributed by atoms with Crippen LogP contribution in [0, 0.1) is 13.8 Å². The van der Waals surface area contributed by atoms with Crippen molar-refractivity contribution in [1.82, 2.24) is 19.9 Å². The first-order chi connectivity index (χ1) is 15.3. The molecule has 1 aromatic carbocycles. The van der Waals surface area contributed by atoms with Crippen molar-refractivity contribution in [2.45, 2.75) is 33.2 Å². The molecule has 1 fully saturated rings. The van der Waals surface area contributed by atoms with Crippen LogP contribution in [0.25, 0.3) is 0 Å². The Kier molecular flexibility index (Phi) is 7.37. The largest absolute Gasteiger partial charge is 0.494 e. The number of hydrogen-bond donors (Lipinski definition) is 2. The van der Waals surface area contributed by atoms with Crippen molar-refractivity contribution in [2.24, 2.45) is 0 Å². The maximum Gasteiger partial charge on any atom is 0.254 e. The summed E-state index contributed by atoms with van der Waals surface area (Å²) < 4.78 is 5.41. The number of benzene rings is 1. The summed E-state index contributed by atoms with van der Waals surface area (Å²) in [5.41, 5.74) is 5.15. The number of ether oxygens (including phenoxy) is 1. The predicted octanol–water partition coefficient (Wildman–Crippen LogP) is 2.83. The molecular formula is C22H26N6O3S. The second-order valence-corrected chi connectivity index (χ2v) is 7.57. The van der Waals surface area contributed by atoms with Crippen LogP contribution in [-0.2, 0) is 9.59 Å². The van der Waals surface area contributed by atoms with E-state index in [1.165, 1.54) is 9.91 Å². The first kappa shape index (κ1) is 23.1. The highest BCUT2D eigenvalue weighted by atomic mass is 32.1. The Hall–Kier alpha value is -3.53. The van der Waals surface area contributed by atoms with Crippen molar-refractivity contribution in [2.75, 3.05) is 23.9 Å². The third-order valence-corrected chi connectivity index (χ3v) is 5.06. The predicted molar refractivity (Wildman–Crippen MR) is 126 cm³/mol. The van der Waals surface area contributed by atoms with Crippen molar-refractivity contribution in [1.29, 1.82) is 0 Å². The number of aryl methyl sites for hydroxylation is 2. The zero-order valence-corrected chi connectivity index (χ0v) is 19.1. The second kappa shape index (κ2) is 10.2. The molecule has 3 rings (SSSR count). The van der Waals surface area contributed by atoms with Crippen LogP contribution in [0.1, 0.15) is 24.7 Å². The molecule has 1 aromatic heterocycles. The Labute approximate surface area is 192 Å². The normalized spacial score (nSPS) is 15.7. The fourth-order valence-electron chi connectivity index (χ4n) is 3.32. The fourth-order valence-corrected chi connectivity index (χ4v) is 3.66. The molecule has 1 atom stereocenters. The number of carbonyl (C=O) groups excluding carboxylic acids is 2. The molecule has 0 bridgehead atoms. The molecule has 0 radical (unpaired) electrons. The molecule has 1 saturated heterocycles. The molecule has 0 saturated carbocycles. The lowest BCUT2D eigenvalue weighted by atomic mass is 10.2. The van der Waals surface area contributed by atoms with E-state index in [9.17, 15) is 9.59 Å². The van der Waals surface area contributed by atoms with E-state index in [0.29, 0.717) is 24.0 Å². The summed E-state index contributed by atoms with van der Waals surface area (Å²) >= 11 is 5.49. The molecule has 32 heavy (non-hydrogen) atoms. The number of thiocarbonyl (C=S) groups is 1. The van der Waals surface area contributed by atoms with E-state index in [-0.39, 0.29) is 29.9 Å². The molecule has 2 aromatic rings. The van der Waals surface area contributed by atoms with Gasteiger partial charge in [0, 0.05) is 23.6 Å². The van der Waals surface area contributed by atoms with Gasteiger partial charge in [-0.15, -0.1) is 6.58 Å². The lowest BCUT2D eigenvalue weighted by Crippen LogP contribution is -2.42. The van der Waals surface area contributed by atoms with Crippen molar-refractivity contribution in [3.8, 4) is 5.75 Å². The highest BCUT2D eigenvalue weighted by molar-refractivity contribution is 7.80. The second-order valence-electron chi connectivity index (χ2n) is 7.20. The van der Waals surface area contributed by atoms with Crippen molar-refractivity contribution in [3.63, 3.8) is 0 Å². The zero-order valence-electron chi connectivity index (χ0n) is 18.3. The SMILES string of the molecule is C=CCN1C(=O)C(CC(=O)Nc2ccc(OCC)cc2)N(Nc2nc(C)cc(C)n2)C1=S. The molecule has 10 heteroatoms. The monoisotopic (exact) mass is 454 g/mol. The summed E-state index contributed by atoms with van der Waals surface area (Å²) in [5, 5.41) is 4.51. The number of nitrogens with one attached hydrogen (secondary N) is 2. The Morgan fingerprint density at radius 1 is 1.25 bits per heavy atom. The molecule has 2 heterocycles. The van der Waals surface area contributed by atoms with Crippen LogP contribution in [0.15, 0.2) is 43.0 Å². The van der Waals surface area contributed by atoms with E-state index in [1.54, 1.807) is 30.3 Å². The van der Waals surface area contributed by atoms with E-state index in [1.807, 2.05) is 26.8 Å². The Morgan fingerprint density at radius 3 is 2.50 bits per heavy atom. The number of hydrazine groups is 1. The van der Waals surface area contributed by atoms with Crippen LogP contribution in [0.2, 0.25) is 0 Å². The average molecular weight is 455 g/mol. The lowest BCUT2D eigenvalue weighted by molar-refractivity contribution is -0.130. The van der Waals surface area contributed by atoms with Gasteiger partial charge in [0.2, 0.25) is 11.9 Å². The van der Waals surface area contributed by atoms with Gasteiger partial charge in [-0.3, -0.25) is 19.9 Å². The summed E-state index contributed by atoms with van der Waals surface area (Å²) in [7, 11) is 0. The van der Waals surface area contributed by atoms with Gasteiger partial charge in [-0.25, -0.2) is 15.0 Å². The number of hydrogen-bond acceptors (Lipinski definition) is 7. The third-order valence-electron chi connectivity index (χ3n) is 4.64. The smallest absolute Gasteiger partial charge is 0.254 e. The maximum atomic E-state index is 13.0. The number of nitrogens with zero attached hydrogens (tertiary/aromatic N) is 4. The van der Waals surface area contributed by atoms with Crippen LogP contribution in [-0.4, -0.2) is 56.0 Å². The highest BCUT2D eigenvalue weighted by Crippen LogP contribution is 2.23. The molecule has 1 aliphatic heterocycles. The van der Waals surface area contributed by atoms with Gasteiger partial charge < -0.3 is 10.1 Å². The molecule has 1 unspecified atom stereocenters. The highest BCUT2D eigenvalue weighted by Gasteiger charge is 2.43. The van der Waals surface area contributed by atoms with E-state index in [4.69, 9.17) is 17.0 Å². The number of carbonyl (C=O) groups is 2. The fraction of sp³-hybridized carbons (Fsp3) is 0.318. The van der Waals surface area contributed by atoms with Crippen molar-refractivity contribution < 1.29 is 14.3 Å². The topological polar surface area (TPSA) is 99.7 Å². The van der Waals surface area contributed by atoms with Gasteiger partial charge in [0.05, 0.1) is 13.0 Å². The zero-order chi connectivity index (χ0) is 23.3. The average Bonchev–Trinajstić information content (AvgIpc) is 2.94. The van der Waals surface area contributed by atoms with Gasteiger partial charge in [-0.2, -0.15) is 0 Å². The molecule has 1 aliphatic rings.